The SMILES string of the molecule is CN1CCN(Cc2ccc(F)c(C#CCN)c2)CC1(C)C. The molecule has 21 heavy (non-hydrogen) atoms. The van der Waals surface area contributed by atoms with Crippen LogP contribution in [0.25, 0.3) is 0 Å². The van der Waals surface area contributed by atoms with Crippen LogP contribution in [-0.2, 0) is 6.54 Å². The van der Waals surface area contributed by atoms with Gasteiger partial charge in [-0.05, 0) is 38.6 Å². The van der Waals surface area contributed by atoms with Gasteiger partial charge in [0.25, 0.3) is 0 Å². The van der Waals surface area contributed by atoms with Crippen molar-refractivity contribution >= 4 is 0 Å². The highest BCUT2D eigenvalue weighted by molar-refractivity contribution is 5.38. The minimum atomic E-state index is -0.279. The Morgan fingerprint density at radius 2 is 2.10 bits per heavy atom. The highest BCUT2D eigenvalue weighted by Gasteiger charge is 2.30. The summed E-state index contributed by atoms with van der Waals surface area (Å²) < 4.78 is 13.7. The van der Waals surface area contributed by atoms with Crippen LogP contribution in [0.4, 0.5) is 4.39 Å². The summed E-state index contributed by atoms with van der Waals surface area (Å²) in [4.78, 5) is 4.79. The largest absolute Gasteiger partial charge is 0.320 e. The van der Waals surface area contributed by atoms with Gasteiger partial charge in [-0.1, -0.05) is 17.9 Å². The van der Waals surface area contributed by atoms with E-state index in [2.05, 4.69) is 42.5 Å². The summed E-state index contributed by atoms with van der Waals surface area (Å²) in [7, 11) is 2.16. The maximum Gasteiger partial charge on any atom is 0.138 e. The van der Waals surface area contributed by atoms with Gasteiger partial charge in [-0.15, -0.1) is 0 Å². The molecule has 2 N–H and O–H groups in total. The van der Waals surface area contributed by atoms with Gasteiger partial charge in [-0.3, -0.25) is 9.80 Å². The molecule has 2 rings (SSSR count). The molecule has 1 saturated heterocycles. The molecule has 0 unspecified atom stereocenters. The average molecular weight is 289 g/mol. The van der Waals surface area contributed by atoms with Crippen molar-refractivity contribution in [3.8, 4) is 11.8 Å². The van der Waals surface area contributed by atoms with Gasteiger partial charge < -0.3 is 5.73 Å². The molecule has 0 radical (unpaired) electrons. The van der Waals surface area contributed by atoms with Gasteiger partial charge in [-0.2, -0.15) is 0 Å². The third-order valence-corrected chi connectivity index (χ3v) is 4.16. The second-order valence-electron chi connectivity index (χ2n) is 6.26. The zero-order valence-electron chi connectivity index (χ0n) is 13.1. The molecule has 0 saturated carbocycles. The van der Waals surface area contributed by atoms with Crippen LogP contribution in [0.5, 0.6) is 0 Å². The zero-order chi connectivity index (χ0) is 15.5. The van der Waals surface area contributed by atoms with Crippen molar-refractivity contribution in [3.63, 3.8) is 0 Å². The fraction of sp³-hybridized carbons (Fsp3) is 0.529. The van der Waals surface area contributed by atoms with Crippen molar-refractivity contribution in [2.45, 2.75) is 25.9 Å². The van der Waals surface area contributed by atoms with Gasteiger partial charge in [0.05, 0.1) is 12.1 Å². The quantitative estimate of drug-likeness (QED) is 0.841. The minimum Gasteiger partial charge on any atom is -0.320 e. The first-order valence-corrected chi connectivity index (χ1v) is 7.33. The number of hydrogen-bond acceptors (Lipinski definition) is 3. The molecule has 1 aromatic carbocycles. The van der Waals surface area contributed by atoms with E-state index in [1.807, 2.05) is 12.1 Å². The van der Waals surface area contributed by atoms with Crippen molar-refractivity contribution in [2.75, 3.05) is 33.2 Å². The van der Waals surface area contributed by atoms with E-state index in [1.165, 1.54) is 6.07 Å². The predicted molar refractivity (Wildman–Crippen MR) is 84.3 cm³/mol. The van der Waals surface area contributed by atoms with Gasteiger partial charge in [0.1, 0.15) is 5.82 Å². The molecule has 0 atom stereocenters. The van der Waals surface area contributed by atoms with E-state index in [9.17, 15) is 4.39 Å². The summed E-state index contributed by atoms with van der Waals surface area (Å²) in [5, 5.41) is 0. The maximum absolute atomic E-state index is 13.7. The Morgan fingerprint density at radius 3 is 2.76 bits per heavy atom. The lowest BCUT2D eigenvalue weighted by molar-refractivity contribution is 0.0360. The normalized spacial score (nSPS) is 19.1. The smallest absolute Gasteiger partial charge is 0.138 e. The number of rotatable bonds is 2. The Balaban J connectivity index is 2.10. The number of nitrogens with zero attached hydrogens (tertiary/aromatic N) is 2. The molecule has 1 aliphatic rings. The number of benzene rings is 1. The van der Waals surface area contributed by atoms with E-state index in [0.29, 0.717) is 5.56 Å². The lowest BCUT2D eigenvalue weighted by Gasteiger charge is -2.45. The minimum absolute atomic E-state index is 0.167. The van der Waals surface area contributed by atoms with Gasteiger partial charge in [0.15, 0.2) is 0 Å². The molecule has 3 nitrogen and oxygen atoms in total. The Kier molecular flexibility index (Phi) is 5.00. The highest BCUT2D eigenvalue weighted by atomic mass is 19.1. The summed E-state index contributed by atoms with van der Waals surface area (Å²) in [6.07, 6.45) is 0. The van der Waals surface area contributed by atoms with E-state index in [1.54, 1.807) is 0 Å². The van der Waals surface area contributed by atoms with Crippen molar-refractivity contribution in [2.24, 2.45) is 5.73 Å². The number of likely N-dealkylation sites (N-methyl/N-ethyl adjacent to an activating group) is 1. The van der Waals surface area contributed by atoms with Crippen LogP contribution < -0.4 is 5.73 Å². The molecule has 0 spiro atoms. The third-order valence-electron chi connectivity index (χ3n) is 4.16. The summed E-state index contributed by atoms with van der Waals surface area (Å²) >= 11 is 0. The molecule has 0 aliphatic carbocycles. The summed E-state index contributed by atoms with van der Waals surface area (Å²) in [6.45, 7) is 8.66. The number of halogens is 1. The van der Waals surface area contributed by atoms with Crippen LogP contribution in [0, 0.1) is 17.7 Å². The maximum atomic E-state index is 13.7. The molecule has 4 heteroatoms. The van der Waals surface area contributed by atoms with Gasteiger partial charge in [-0.25, -0.2) is 4.39 Å². The lowest BCUT2D eigenvalue weighted by Crippen LogP contribution is -2.57. The van der Waals surface area contributed by atoms with Crippen molar-refractivity contribution in [3.05, 3.63) is 35.1 Å². The first-order valence-electron chi connectivity index (χ1n) is 7.33. The predicted octanol–water partition coefficient (Wildman–Crippen LogP) is 1.66. The summed E-state index contributed by atoms with van der Waals surface area (Å²) in [5.41, 5.74) is 7.05. The lowest BCUT2D eigenvalue weighted by atomic mass is 9.99. The monoisotopic (exact) mass is 289 g/mol. The first-order chi connectivity index (χ1) is 9.92. The van der Waals surface area contributed by atoms with Gasteiger partial charge in [0.2, 0.25) is 0 Å². The molecule has 114 valence electrons. The number of nitrogens with two attached hydrogens (primary N) is 1. The highest BCUT2D eigenvalue weighted by Crippen LogP contribution is 2.21. The van der Waals surface area contributed by atoms with Crippen LogP contribution in [0.15, 0.2) is 18.2 Å². The van der Waals surface area contributed by atoms with Crippen LogP contribution in [-0.4, -0.2) is 48.6 Å². The second kappa shape index (κ2) is 6.57. The van der Waals surface area contributed by atoms with Crippen LogP contribution >= 0.6 is 0 Å². The Hall–Kier alpha value is -1.41. The molecule has 1 heterocycles. The third kappa shape index (κ3) is 4.04. The summed E-state index contributed by atoms with van der Waals surface area (Å²) in [5.74, 6) is 5.23. The molecule has 0 aromatic heterocycles. The van der Waals surface area contributed by atoms with E-state index in [4.69, 9.17) is 5.73 Å². The molecule has 0 amide bonds. The Bertz CT molecular complexity index is 557. The first kappa shape index (κ1) is 16.0. The number of piperazine rings is 1. The van der Waals surface area contributed by atoms with Crippen LogP contribution in [0.2, 0.25) is 0 Å². The standard InChI is InChI=1S/C17H24FN3/c1-17(2)13-21(10-9-20(17)3)12-14-6-7-16(18)15(11-14)5-4-8-19/h6-7,11H,8-10,12-13,19H2,1-3H3. The topological polar surface area (TPSA) is 32.5 Å². The van der Waals surface area contributed by atoms with Gasteiger partial charge >= 0.3 is 0 Å². The van der Waals surface area contributed by atoms with E-state index in [0.717, 1.165) is 31.7 Å². The Labute approximate surface area is 126 Å². The molecule has 1 aromatic rings. The second-order valence-corrected chi connectivity index (χ2v) is 6.26. The molecular weight excluding hydrogens is 265 g/mol. The van der Waals surface area contributed by atoms with Crippen LogP contribution in [0.3, 0.4) is 0 Å². The fourth-order valence-corrected chi connectivity index (χ4v) is 2.65. The average Bonchev–Trinajstić information content (AvgIpc) is 2.43. The number of hydrogen-bond donors (Lipinski definition) is 1. The van der Waals surface area contributed by atoms with E-state index in [-0.39, 0.29) is 17.9 Å². The van der Waals surface area contributed by atoms with Crippen molar-refractivity contribution < 1.29 is 4.39 Å². The van der Waals surface area contributed by atoms with Crippen LogP contribution in [0.1, 0.15) is 25.0 Å². The van der Waals surface area contributed by atoms with Crippen molar-refractivity contribution in [1.82, 2.24) is 9.80 Å². The molecule has 0 bridgehead atoms. The van der Waals surface area contributed by atoms with E-state index >= 15 is 0 Å². The Morgan fingerprint density at radius 1 is 1.33 bits per heavy atom. The molecule has 1 fully saturated rings. The van der Waals surface area contributed by atoms with Crippen molar-refractivity contribution in [1.29, 1.82) is 0 Å². The fourth-order valence-electron chi connectivity index (χ4n) is 2.65. The zero-order valence-corrected chi connectivity index (χ0v) is 13.1. The summed E-state index contributed by atoms with van der Waals surface area (Å²) in [6, 6.07) is 5.18. The molecule has 1 aliphatic heterocycles. The molecular formula is C17H24FN3. The van der Waals surface area contributed by atoms with Gasteiger partial charge in [0, 0.05) is 31.7 Å². The van der Waals surface area contributed by atoms with E-state index < -0.39 is 0 Å².